The molecule has 0 saturated heterocycles. The van der Waals surface area contributed by atoms with Crippen molar-refractivity contribution in [1.82, 2.24) is 0 Å². The maximum atomic E-state index is 13.0. The summed E-state index contributed by atoms with van der Waals surface area (Å²) in [5.74, 6) is -0.345. The number of carbonyl (C=O) groups is 1. The van der Waals surface area contributed by atoms with Crippen LogP contribution in [-0.2, 0) is 4.79 Å². The molecule has 134 valence electrons. The lowest BCUT2D eigenvalue weighted by Gasteiger charge is -2.19. The van der Waals surface area contributed by atoms with Gasteiger partial charge in [0.25, 0.3) is 0 Å². The Hall–Kier alpha value is -2.29. The molecule has 0 aliphatic heterocycles. The van der Waals surface area contributed by atoms with Crippen LogP contribution in [0.2, 0.25) is 0 Å². The molecule has 2 aromatic carbocycles. The molecule has 0 amide bonds. The van der Waals surface area contributed by atoms with Gasteiger partial charge >= 0.3 is 12.5 Å². The summed E-state index contributed by atoms with van der Waals surface area (Å²) >= 11 is 3.22. The minimum absolute atomic E-state index is 0.132. The molecule has 0 radical (unpaired) electrons. The van der Waals surface area contributed by atoms with E-state index in [1.54, 1.807) is 18.2 Å². The Labute approximate surface area is 148 Å². The van der Waals surface area contributed by atoms with Crippen LogP contribution in [0.4, 0.5) is 23.2 Å². The highest BCUT2D eigenvalue weighted by molar-refractivity contribution is 9.10. The SMILES string of the molecule is Nc1cccc(Br)c1OC(C=O)c1cccc(OC(F)(F)C(F)F)c1. The van der Waals surface area contributed by atoms with E-state index in [0.29, 0.717) is 10.8 Å². The van der Waals surface area contributed by atoms with E-state index in [1.165, 1.54) is 12.1 Å². The van der Waals surface area contributed by atoms with Crippen molar-refractivity contribution in [3.8, 4) is 11.5 Å². The molecule has 2 rings (SSSR count). The van der Waals surface area contributed by atoms with E-state index in [-0.39, 0.29) is 17.0 Å². The van der Waals surface area contributed by atoms with Crippen LogP contribution in [0.1, 0.15) is 11.7 Å². The number of rotatable bonds is 7. The molecule has 0 aliphatic carbocycles. The molecule has 25 heavy (non-hydrogen) atoms. The monoisotopic (exact) mass is 421 g/mol. The highest BCUT2D eigenvalue weighted by Crippen LogP contribution is 2.35. The number of aldehydes is 1. The summed E-state index contributed by atoms with van der Waals surface area (Å²) in [4.78, 5) is 11.3. The predicted octanol–water partition coefficient (Wildman–Crippen LogP) is 4.59. The second-order valence-corrected chi connectivity index (χ2v) is 5.72. The van der Waals surface area contributed by atoms with Crippen molar-refractivity contribution < 1.29 is 31.8 Å². The highest BCUT2D eigenvalue weighted by atomic mass is 79.9. The Bertz CT molecular complexity index is 738. The van der Waals surface area contributed by atoms with Crippen LogP contribution in [0.3, 0.4) is 0 Å². The molecule has 4 nitrogen and oxygen atoms in total. The fourth-order valence-corrected chi connectivity index (χ4v) is 2.38. The first kappa shape index (κ1) is 19.0. The van der Waals surface area contributed by atoms with Gasteiger partial charge < -0.3 is 15.2 Å². The van der Waals surface area contributed by atoms with Crippen LogP contribution >= 0.6 is 15.9 Å². The lowest BCUT2D eigenvalue weighted by Crippen LogP contribution is -2.33. The summed E-state index contributed by atoms with van der Waals surface area (Å²) in [6, 6.07) is 9.59. The number of nitrogens with two attached hydrogens (primary N) is 1. The van der Waals surface area contributed by atoms with Crippen LogP contribution in [0.25, 0.3) is 0 Å². The van der Waals surface area contributed by atoms with Gasteiger partial charge in [-0.1, -0.05) is 18.2 Å². The quantitative estimate of drug-likeness (QED) is 0.403. The fraction of sp³-hybridized carbons (Fsp3) is 0.188. The molecule has 0 heterocycles. The van der Waals surface area contributed by atoms with E-state index in [4.69, 9.17) is 10.5 Å². The Morgan fingerprint density at radius 3 is 2.44 bits per heavy atom. The van der Waals surface area contributed by atoms with Gasteiger partial charge in [-0.25, -0.2) is 0 Å². The average molecular weight is 422 g/mol. The van der Waals surface area contributed by atoms with Crippen LogP contribution in [0, 0.1) is 0 Å². The van der Waals surface area contributed by atoms with E-state index in [9.17, 15) is 22.4 Å². The molecule has 0 saturated carbocycles. The zero-order valence-electron chi connectivity index (χ0n) is 12.5. The smallest absolute Gasteiger partial charge is 0.461 e. The second kappa shape index (κ2) is 7.73. The molecule has 1 unspecified atom stereocenters. The number of para-hydroxylation sites is 1. The summed E-state index contributed by atoms with van der Waals surface area (Å²) in [6.45, 7) is 0. The molecule has 0 spiro atoms. The number of benzene rings is 2. The normalized spacial score (nSPS) is 12.7. The minimum Gasteiger partial charge on any atom is -0.475 e. The molecule has 0 aliphatic rings. The van der Waals surface area contributed by atoms with Crippen LogP contribution < -0.4 is 15.2 Å². The molecule has 9 heteroatoms. The van der Waals surface area contributed by atoms with E-state index >= 15 is 0 Å². The van der Waals surface area contributed by atoms with Crippen molar-refractivity contribution >= 4 is 27.9 Å². The van der Waals surface area contributed by atoms with Gasteiger partial charge in [-0.05, 0) is 40.2 Å². The molecule has 0 bridgehead atoms. The first-order valence-corrected chi connectivity index (χ1v) is 7.64. The number of nitrogen functional groups attached to an aromatic ring is 1. The van der Waals surface area contributed by atoms with E-state index in [0.717, 1.165) is 12.1 Å². The summed E-state index contributed by atoms with van der Waals surface area (Å²) in [5.41, 5.74) is 6.15. The summed E-state index contributed by atoms with van der Waals surface area (Å²) in [6.07, 6.45) is -9.43. The van der Waals surface area contributed by atoms with Crippen molar-refractivity contribution in [2.75, 3.05) is 5.73 Å². The van der Waals surface area contributed by atoms with Crippen LogP contribution in [0.5, 0.6) is 11.5 Å². The third kappa shape index (κ3) is 4.62. The minimum atomic E-state index is -4.65. The lowest BCUT2D eigenvalue weighted by atomic mass is 10.1. The standard InChI is InChI=1S/C16H12BrF4NO3/c17-11-5-2-6-12(22)14(11)24-13(8-23)9-3-1-4-10(7-9)25-16(20,21)15(18)19/h1-8,13,15H,22H2. The Morgan fingerprint density at radius 2 is 1.84 bits per heavy atom. The van der Waals surface area contributed by atoms with E-state index in [1.807, 2.05) is 0 Å². The van der Waals surface area contributed by atoms with Crippen molar-refractivity contribution in [2.45, 2.75) is 18.6 Å². The maximum absolute atomic E-state index is 13.0. The van der Waals surface area contributed by atoms with Gasteiger partial charge in [-0.2, -0.15) is 17.6 Å². The fourth-order valence-electron chi connectivity index (χ4n) is 1.91. The van der Waals surface area contributed by atoms with Gasteiger partial charge in [0.2, 0.25) is 0 Å². The number of anilines is 1. The van der Waals surface area contributed by atoms with E-state index in [2.05, 4.69) is 20.7 Å². The zero-order chi connectivity index (χ0) is 18.6. The predicted molar refractivity (Wildman–Crippen MR) is 86.0 cm³/mol. The van der Waals surface area contributed by atoms with Gasteiger partial charge in [-0.15, -0.1) is 0 Å². The first-order valence-electron chi connectivity index (χ1n) is 6.85. The molecule has 0 aromatic heterocycles. The number of hydrogen-bond donors (Lipinski definition) is 1. The molecule has 2 aromatic rings. The number of ether oxygens (including phenoxy) is 2. The molecular weight excluding hydrogens is 410 g/mol. The van der Waals surface area contributed by atoms with Crippen molar-refractivity contribution in [3.05, 3.63) is 52.5 Å². The largest absolute Gasteiger partial charge is 0.475 e. The Morgan fingerprint density at radius 1 is 1.16 bits per heavy atom. The first-order chi connectivity index (χ1) is 11.7. The molecular formula is C16H12BrF4NO3. The van der Waals surface area contributed by atoms with Crippen molar-refractivity contribution in [1.29, 1.82) is 0 Å². The third-order valence-electron chi connectivity index (χ3n) is 3.06. The summed E-state index contributed by atoms with van der Waals surface area (Å²) in [7, 11) is 0. The van der Waals surface area contributed by atoms with Gasteiger partial charge in [0.1, 0.15) is 5.75 Å². The number of hydrogen-bond acceptors (Lipinski definition) is 4. The molecule has 0 fully saturated rings. The van der Waals surface area contributed by atoms with Gasteiger partial charge in [0.15, 0.2) is 18.1 Å². The van der Waals surface area contributed by atoms with Crippen LogP contribution in [-0.4, -0.2) is 18.8 Å². The summed E-state index contributed by atoms with van der Waals surface area (Å²) in [5, 5.41) is 0. The van der Waals surface area contributed by atoms with Gasteiger partial charge in [0.05, 0.1) is 10.2 Å². The van der Waals surface area contributed by atoms with Crippen molar-refractivity contribution in [2.24, 2.45) is 0 Å². The average Bonchev–Trinajstić information content (AvgIpc) is 2.54. The number of halogens is 5. The van der Waals surface area contributed by atoms with E-state index < -0.39 is 24.4 Å². The summed E-state index contributed by atoms with van der Waals surface area (Å²) < 4.78 is 60.5. The van der Waals surface area contributed by atoms with Gasteiger partial charge in [-0.3, -0.25) is 4.79 Å². The topological polar surface area (TPSA) is 61.5 Å². The number of carbonyl (C=O) groups excluding carboxylic acids is 1. The van der Waals surface area contributed by atoms with Crippen LogP contribution in [0.15, 0.2) is 46.9 Å². The highest BCUT2D eigenvalue weighted by Gasteiger charge is 2.44. The van der Waals surface area contributed by atoms with Gasteiger partial charge in [0, 0.05) is 5.56 Å². The zero-order valence-corrected chi connectivity index (χ0v) is 14.1. The Balaban J connectivity index is 2.27. The third-order valence-corrected chi connectivity index (χ3v) is 3.68. The molecule has 1 atom stereocenters. The number of alkyl halides is 4. The second-order valence-electron chi connectivity index (χ2n) is 4.87. The Kier molecular flexibility index (Phi) is 5.89. The lowest BCUT2D eigenvalue weighted by molar-refractivity contribution is -0.253. The molecule has 2 N–H and O–H groups in total. The maximum Gasteiger partial charge on any atom is 0.461 e. The van der Waals surface area contributed by atoms with Crippen molar-refractivity contribution in [3.63, 3.8) is 0 Å².